The molecule has 1 aliphatic heterocycles. The number of nitrogens with zero attached hydrogens (tertiary/aromatic N) is 4. The number of amides is 1. The zero-order valence-corrected chi connectivity index (χ0v) is 23.1. The van der Waals surface area contributed by atoms with Crippen molar-refractivity contribution in [3.05, 3.63) is 93.6 Å². The summed E-state index contributed by atoms with van der Waals surface area (Å²) in [6, 6.07) is 17.7. The molecule has 11 heteroatoms. The van der Waals surface area contributed by atoms with E-state index in [4.69, 9.17) is 25.8 Å². The Balaban J connectivity index is 1.28. The number of fused-ring (bicyclic) bond motifs is 2. The molecule has 3 aromatic carbocycles. The zero-order valence-electron chi connectivity index (χ0n) is 22.4. The Morgan fingerprint density at radius 1 is 0.951 bits per heavy atom. The number of methoxy groups -OCH3 is 2. The summed E-state index contributed by atoms with van der Waals surface area (Å²) >= 11 is 6.56. The van der Waals surface area contributed by atoms with Crippen molar-refractivity contribution in [3.63, 3.8) is 0 Å². The Morgan fingerprint density at radius 2 is 1.73 bits per heavy atom. The average molecular weight is 572 g/mol. The lowest BCUT2D eigenvalue weighted by atomic mass is 10.1. The molecule has 41 heavy (non-hydrogen) atoms. The molecule has 5 aromatic rings. The van der Waals surface area contributed by atoms with Gasteiger partial charge in [-0.1, -0.05) is 29.8 Å². The summed E-state index contributed by atoms with van der Waals surface area (Å²) in [5.74, 6) is 1.15. The molecule has 0 aliphatic carbocycles. The van der Waals surface area contributed by atoms with Crippen LogP contribution in [0.3, 0.4) is 0 Å². The van der Waals surface area contributed by atoms with Gasteiger partial charge in [-0.05, 0) is 55.7 Å². The highest BCUT2D eigenvalue weighted by molar-refractivity contribution is 6.32. The van der Waals surface area contributed by atoms with E-state index in [0.29, 0.717) is 46.8 Å². The van der Waals surface area contributed by atoms with Crippen molar-refractivity contribution in [3.8, 4) is 28.8 Å². The van der Waals surface area contributed by atoms with Crippen molar-refractivity contribution in [1.29, 1.82) is 0 Å². The minimum Gasteiger partial charge on any atom is -0.493 e. The molecule has 0 saturated heterocycles. The van der Waals surface area contributed by atoms with Crippen LogP contribution < -0.4 is 25.1 Å². The van der Waals surface area contributed by atoms with Crippen molar-refractivity contribution in [2.75, 3.05) is 19.5 Å². The van der Waals surface area contributed by atoms with Crippen molar-refractivity contribution >= 4 is 34.1 Å². The number of benzene rings is 3. The largest absolute Gasteiger partial charge is 0.493 e. The monoisotopic (exact) mass is 571 g/mol. The molecule has 2 aromatic heterocycles. The molecule has 10 nitrogen and oxygen atoms in total. The van der Waals surface area contributed by atoms with E-state index in [0.717, 1.165) is 24.2 Å². The van der Waals surface area contributed by atoms with Crippen molar-refractivity contribution < 1.29 is 19.0 Å². The van der Waals surface area contributed by atoms with Gasteiger partial charge in [0.15, 0.2) is 11.5 Å². The molecule has 0 radical (unpaired) electrons. The van der Waals surface area contributed by atoms with E-state index in [2.05, 4.69) is 15.3 Å². The summed E-state index contributed by atoms with van der Waals surface area (Å²) in [5.41, 5.74) is 2.27. The van der Waals surface area contributed by atoms with Crippen LogP contribution in [0, 0.1) is 0 Å². The third-order valence-electron chi connectivity index (χ3n) is 7.01. The number of carbonyl (C=O) groups is 1. The molecule has 1 N–H and O–H groups in total. The maximum absolute atomic E-state index is 13.5. The maximum Gasteiger partial charge on any atom is 0.284 e. The number of ether oxygens (including phenoxy) is 3. The molecule has 0 fully saturated rings. The molecule has 0 atom stereocenters. The standard InChI is InChI=1S/C30H26ClN5O5/c1-39-25-15-20-22(16-26(25)40-2)32-17-33-29(20)41-24-12-11-18(14-21(24)31)34-28(37)27-23-10-6-7-13-35(23)36(30(27)38)19-8-4-3-5-9-19/h3-5,8-9,11-12,14-17H,6-7,10,13H2,1-2H3,(H,34,37). The summed E-state index contributed by atoms with van der Waals surface area (Å²) < 4.78 is 20.3. The second kappa shape index (κ2) is 11.0. The number of hydrogen-bond donors (Lipinski definition) is 1. The van der Waals surface area contributed by atoms with Gasteiger partial charge in [-0.2, -0.15) is 0 Å². The fourth-order valence-corrected chi connectivity index (χ4v) is 5.30. The molecule has 0 unspecified atom stereocenters. The van der Waals surface area contributed by atoms with Crippen LogP contribution in [-0.2, 0) is 13.0 Å². The van der Waals surface area contributed by atoms with E-state index in [1.54, 1.807) is 49.2 Å². The third kappa shape index (κ3) is 4.87. The van der Waals surface area contributed by atoms with Gasteiger partial charge in [-0.15, -0.1) is 0 Å². The van der Waals surface area contributed by atoms with Gasteiger partial charge in [0, 0.05) is 18.3 Å². The lowest BCUT2D eigenvalue weighted by Crippen LogP contribution is -2.25. The van der Waals surface area contributed by atoms with Crippen LogP contribution in [0.5, 0.6) is 23.1 Å². The number of halogens is 1. The minimum absolute atomic E-state index is 0.141. The molecule has 1 aliphatic rings. The van der Waals surface area contributed by atoms with Crippen LogP contribution in [0.15, 0.2) is 71.8 Å². The van der Waals surface area contributed by atoms with Crippen molar-refractivity contribution in [2.45, 2.75) is 25.8 Å². The summed E-state index contributed by atoms with van der Waals surface area (Å²) in [4.78, 5) is 35.5. The van der Waals surface area contributed by atoms with Crippen LogP contribution in [0.4, 0.5) is 5.69 Å². The number of anilines is 1. The lowest BCUT2D eigenvalue weighted by molar-refractivity contribution is 0.102. The summed E-state index contributed by atoms with van der Waals surface area (Å²) in [5, 5.41) is 3.69. The van der Waals surface area contributed by atoms with Crippen LogP contribution in [0.1, 0.15) is 28.9 Å². The van der Waals surface area contributed by atoms with Gasteiger partial charge in [0.2, 0.25) is 5.88 Å². The smallest absolute Gasteiger partial charge is 0.284 e. The van der Waals surface area contributed by atoms with Crippen LogP contribution >= 0.6 is 11.6 Å². The number of nitrogens with one attached hydrogen (secondary N) is 1. The fraction of sp³-hybridized carbons (Fsp3) is 0.200. The maximum atomic E-state index is 13.5. The molecular formula is C30H26ClN5O5. The molecule has 0 bridgehead atoms. The number of aromatic nitrogens is 4. The van der Waals surface area contributed by atoms with Crippen molar-refractivity contribution in [2.24, 2.45) is 0 Å². The van der Waals surface area contributed by atoms with Crippen LogP contribution in [0.25, 0.3) is 16.6 Å². The highest BCUT2D eigenvalue weighted by Gasteiger charge is 2.28. The van der Waals surface area contributed by atoms with E-state index in [-0.39, 0.29) is 22.0 Å². The second-order valence-electron chi connectivity index (χ2n) is 9.46. The highest BCUT2D eigenvalue weighted by atomic mass is 35.5. The Labute approximate surface area is 240 Å². The molecule has 0 spiro atoms. The number of rotatable bonds is 7. The van der Waals surface area contributed by atoms with Gasteiger partial charge in [-0.25, -0.2) is 14.6 Å². The Kier molecular flexibility index (Phi) is 7.07. The first-order valence-corrected chi connectivity index (χ1v) is 13.4. The van der Waals surface area contributed by atoms with Crippen LogP contribution in [-0.4, -0.2) is 39.5 Å². The van der Waals surface area contributed by atoms with Gasteiger partial charge >= 0.3 is 0 Å². The normalized spacial score (nSPS) is 12.6. The first-order valence-electron chi connectivity index (χ1n) is 13.0. The first kappa shape index (κ1) is 26.4. The van der Waals surface area contributed by atoms with Gasteiger partial charge in [0.25, 0.3) is 11.5 Å². The van der Waals surface area contributed by atoms with Crippen molar-refractivity contribution in [1.82, 2.24) is 19.3 Å². The third-order valence-corrected chi connectivity index (χ3v) is 7.30. The average Bonchev–Trinajstić information content (AvgIpc) is 3.30. The minimum atomic E-state index is -0.483. The first-order chi connectivity index (χ1) is 20.0. The van der Waals surface area contributed by atoms with Gasteiger partial charge < -0.3 is 19.5 Å². The Hall–Kier alpha value is -4.83. The number of carbonyl (C=O) groups excluding carboxylic acids is 1. The summed E-state index contributed by atoms with van der Waals surface area (Å²) in [7, 11) is 3.09. The topological polar surface area (TPSA) is 110 Å². The zero-order chi connectivity index (χ0) is 28.5. The van der Waals surface area contributed by atoms with E-state index < -0.39 is 5.91 Å². The molecular weight excluding hydrogens is 546 g/mol. The van der Waals surface area contributed by atoms with E-state index in [9.17, 15) is 9.59 Å². The summed E-state index contributed by atoms with van der Waals surface area (Å²) in [6.07, 6.45) is 3.88. The van der Waals surface area contributed by atoms with E-state index in [1.165, 1.54) is 6.33 Å². The van der Waals surface area contributed by atoms with Gasteiger partial charge in [0.05, 0.1) is 41.5 Å². The van der Waals surface area contributed by atoms with E-state index >= 15 is 0 Å². The Morgan fingerprint density at radius 3 is 2.49 bits per heavy atom. The predicted octanol–water partition coefficient (Wildman–Crippen LogP) is 5.63. The predicted molar refractivity (Wildman–Crippen MR) is 155 cm³/mol. The quantitative estimate of drug-likeness (QED) is 0.269. The van der Waals surface area contributed by atoms with Crippen LogP contribution in [0.2, 0.25) is 5.02 Å². The van der Waals surface area contributed by atoms with Gasteiger partial charge in [0.1, 0.15) is 17.6 Å². The molecule has 3 heterocycles. The second-order valence-corrected chi connectivity index (χ2v) is 9.87. The molecule has 6 rings (SSSR count). The molecule has 0 saturated carbocycles. The fourth-order valence-electron chi connectivity index (χ4n) is 5.09. The highest BCUT2D eigenvalue weighted by Crippen LogP contribution is 2.38. The Bertz CT molecular complexity index is 1830. The molecule has 208 valence electrons. The SMILES string of the molecule is COc1cc2ncnc(Oc3ccc(NC(=O)c4c5n(n(-c6ccccc6)c4=O)CCCC5)cc3Cl)c2cc1OC. The van der Waals surface area contributed by atoms with E-state index in [1.807, 2.05) is 35.0 Å². The lowest BCUT2D eigenvalue weighted by Gasteiger charge is -2.19. The molecule has 1 amide bonds. The number of para-hydroxylation sites is 1. The summed E-state index contributed by atoms with van der Waals surface area (Å²) in [6.45, 7) is 0.668. The van der Waals surface area contributed by atoms with Gasteiger partial charge in [-0.3, -0.25) is 14.3 Å². The number of hydrogen-bond acceptors (Lipinski definition) is 7.